The summed E-state index contributed by atoms with van der Waals surface area (Å²) in [6.07, 6.45) is 4.04. The molecule has 0 radical (unpaired) electrons. The first kappa shape index (κ1) is 21.3. The maximum Gasteiger partial charge on any atom is 0.405 e. The number of primary amides is 1. The van der Waals surface area contributed by atoms with Gasteiger partial charge in [0, 0.05) is 11.6 Å². The lowest BCUT2D eigenvalue weighted by atomic mass is 9.79. The number of carbonyl (C=O) groups excluding carboxylic acids is 2. The molecule has 1 aliphatic rings. The van der Waals surface area contributed by atoms with Crippen LogP contribution in [-0.2, 0) is 10.2 Å². The van der Waals surface area contributed by atoms with Crippen LogP contribution in [-0.4, -0.2) is 23.6 Å². The molecule has 0 aliphatic heterocycles. The van der Waals surface area contributed by atoms with Crippen LogP contribution in [0.4, 0.5) is 4.79 Å². The first-order chi connectivity index (χ1) is 12.5. The minimum Gasteiger partial charge on any atom is -0.444 e. The summed E-state index contributed by atoms with van der Waals surface area (Å²) in [5.41, 5.74) is 6.57. The maximum atomic E-state index is 12.6. The quantitative estimate of drug-likeness (QED) is 0.794. The van der Waals surface area contributed by atoms with Gasteiger partial charge in [0.1, 0.15) is 5.60 Å². The highest BCUT2D eigenvalue weighted by Gasteiger charge is 2.31. The molecular formula is C22H34N2O3. The van der Waals surface area contributed by atoms with Gasteiger partial charge in [-0.3, -0.25) is 4.79 Å². The molecule has 2 unspecified atom stereocenters. The third-order valence-corrected chi connectivity index (χ3v) is 5.29. The second-order valence-electron chi connectivity index (χ2n) is 9.42. The lowest BCUT2D eigenvalue weighted by molar-refractivity contribution is 0.0203. The van der Waals surface area contributed by atoms with Gasteiger partial charge >= 0.3 is 6.09 Å². The largest absolute Gasteiger partial charge is 0.444 e. The zero-order valence-electron chi connectivity index (χ0n) is 17.3. The summed E-state index contributed by atoms with van der Waals surface area (Å²) in [5, 5.41) is 3.18. The van der Waals surface area contributed by atoms with Crippen molar-refractivity contribution in [2.45, 2.75) is 83.8 Å². The number of hydrogen-bond acceptors (Lipinski definition) is 3. The van der Waals surface area contributed by atoms with Crippen molar-refractivity contribution in [2.75, 3.05) is 0 Å². The molecule has 150 valence electrons. The molecule has 1 aromatic rings. The van der Waals surface area contributed by atoms with Crippen LogP contribution in [0.3, 0.4) is 0 Å². The van der Waals surface area contributed by atoms with E-state index in [1.54, 1.807) is 0 Å². The minimum atomic E-state index is -0.737. The summed E-state index contributed by atoms with van der Waals surface area (Å²) in [4.78, 5) is 23.7. The van der Waals surface area contributed by atoms with Gasteiger partial charge in [-0.15, -0.1) is 0 Å². The number of amides is 2. The molecular weight excluding hydrogens is 340 g/mol. The fourth-order valence-corrected chi connectivity index (χ4v) is 4.01. The van der Waals surface area contributed by atoms with Crippen LogP contribution in [0.15, 0.2) is 24.3 Å². The fraction of sp³-hybridized carbons (Fsp3) is 0.636. The Balaban J connectivity index is 1.93. The molecule has 0 aromatic heterocycles. The van der Waals surface area contributed by atoms with Gasteiger partial charge in [0.25, 0.3) is 5.91 Å². The Morgan fingerprint density at radius 2 is 1.74 bits per heavy atom. The number of nitrogens with one attached hydrogen (secondary N) is 1. The molecule has 1 aliphatic carbocycles. The van der Waals surface area contributed by atoms with E-state index in [9.17, 15) is 9.59 Å². The standard InChI is InChI=1S/C22H34N2O3/c1-21(2,3)17-11-9-16(10-12-17)19(25)24-18-8-6-7-15(13-18)14-22(4,5)27-20(23)26/h9-12,15,18H,6-8,13-14H2,1-5H3,(H2,23,26)(H,24,25). The molecule has 27 heavy (non-hydrogen) atoms. The van der Waals surface area contributed by atoms with Gasteiger partial charge in [0.05, 0.1) is 0 Å². The summed E-state index contributed by atoms with van der Waals surface area (Å²) >= 11 is 0. The highest BCUT2D eigenvalue weighted by molar-refractivity contribution is 5.94. The highest BCUT2D eigenvalue weighted by Crippen LogP contribution is 2.32. The van der Waals surface area contributed by atoms with Gasteiger partial charge in [-0.2, -0.15) is 0 Å². The van der Waals surface area contributed by atoms with Crippen LogP contribution in [0.5, 0.6) is 0 Å². The number of nitrogens with two attached hydrogens (primary N) is 1. The summed E-state index contributed by atoms with van der Waals surface area (Å²) in [6.45, 7) is 10.3. The Kier molecular flexibility index (Phi) is 6.55. The molecule has 1 fully saturated rings. The van der Waals surface area contributed by atoms with Gasteiger partial charge in [-0.05, 0) is 62.1 Å². The summed E-state index contributed by atoms with van der Waals surface area (Å²) in [7, 11) is 0. The normalized spacial score (nSPS) is 20.8. The molecule has 0 heterocycles. The van der Waals surface area contributed by atoms with Crippen molar-refractivity contribution in [3.05, 3.63) is 35.4 Å². The third-order valence-electron chi connectivity index (χ3n) is 5.29. The van der Waals surface area contributed by atoms with E-state index in [0.717, 1.165) is 32.1 Å². The number of benzene rings is 1. The predicted octanol–water partition coefficient (Wildman–Crippen LogP) is 4.54. The van der Waals surface area contributed by atoms with Crippen molar-refractivity contribution in [1.29, 1.82) is 0 Å². The number of rotatable bonds is 5. The van der Waals surface area contributed by atoms with Crippen LogP contribution >= 0.6 is 0 Å². The minimum absolute atomic E-state index is 0.0197. The fourth-order valence-electron chi connectivity index (χ4n) is 4.01. The van der Waals surface area contributed by atoms with Crippen molar-refractivity contribution < 1.29 is 14.3 Å². The Morgan fingerprint density at radius 3 is 2.30 bits per heavy atom. The Hall–Kier alpha value is -2.04. The van der Waals surface area contributed by atoms with E-state index in [1.165, 1.54) is 5.56 Å². The van der Waals surface area contributed by atoms with Crippen LogP contribution < -0.4 is 11.1 Å². The Morgan fingerprint density at radius 1 is 1.11 bits per heavy atom. The topological polar surface area (TPSA) is 81.4 Å². The van der Waals surface area contributed by atoms with Crippen molar-refractivity contribution in [3.8, 4) is 0 Å². The van der Waals surface area contributed by atoms with Crippen molar-refractivity contribution in [2.24, 2.45) is 11.7 Å². The first-order valence-electron chi connectivity index (χ1n) is 9.86. The average molecular weight is 375 g/mol. The summed E-state index contributed by atoms with van der Waals surface area (Å²) in [5.74, 6) is 0.385. The van der Waals surface area contributed by atoms with Gasteiger partial charge in [0.15, 0.2) is 0 Å². The zero-order valence-corrected chi connectivity index (χ0v) is 17.3. The van der Waals surface area contributed by atoms with Crippen LogP contribution in [0.1, 0.15) is 82.6 Å². The second-order valence-corrected chi connectivity index (χ2v) is 9.42. The van der Waals surface area contributed by atoms with Gasteiger partial charge in [-0.1, -0.05) is 45.7 Å². The lowest BCUT2D eigenvalue weighted by Gasteiger charge is -2.34. The van der Waals surface area contributed by atoms with E-state index in [4.69, 9.17) is 10.5 Å². The molecule has 3 N–H and O–H groups in total. The maximum absolute atomic E-state index is 12.6. The van der Waals surface area contributed by atoms with Crippen molar-refractivity contribution in [1.82, 2.24) is 5.32 Å². The number of hydrogen-bond donors (Lipinski definition) is 2. The Labute approximate surface area is 163 Å². The smallest absolute Gasteiger partial charge is 0.405 e. The molecule has 5 heteroatoms. The molecule has 1 saturated carbocycles. The highest BCUT2D eigenvalue weighted by atomic mass is 16.6. The van der Waals surface area contributed by atoms with E-state index in [1.807, 2.05) is 38.1 Å². The molecule has 1 aromatic carbocycles. The molecule has 2 amide bonds. The Bertz CT molecular complexity index is 659. The number of carbonyl (C=O) groups is 2. The SMILES string of the molecule is CC(C)(CC1CCCC(NC(=O)c2ccc(C(C)(C)C)cc2)C1)OC(N)=O. The summed E-state index contributed by atoms with van der Waals surface area (Å²) < 4.78 is 5.22. The monoisotopic (exact) mass is 374 g/mol. The van der Waals surface area contributed by atoms with Crippen molar-refractivity contribution >= 4 is 12.0 Å². The van der Waals surface area contributed by atoms with E-state index < -0.39 is 11.7 Å². The lowest BCUT2D eigenvalue weighted by Crippen LogP contribution is -2.40. The van der Waals surface area contributed by atoms with Crippen molar-refractivity contribution in [3.63, 3.8) is 0 Å². The summed E-state index contributed by atoms with van der Waals surface area (Å²) in [6, 6.07) is 8.02. The number of ether oxygens (including phenoxy) is 1. The van der Waals surface area contributed by atoms with Gasteiger partial charge in [-0.25, -0.2) is 4.79 Å². The van der Waals surface area contributed by atoms with Crippen LogP contribution in [0.25, 0.3) is 0 Å². The molecule has 2 rings (SSSR count). The third kappa shape index (κ3) is 6.56. The molecule has 0 bridgehead atoms. The van der Waals surface area contributed by atoms with Crippen LogP contribution in [0.2, 0.25) is 0 Å². The predicted molar refractivity (Wildman–Crippen MR) is 108 cm³/mol. The van der Waals surface area contributed by atoms with E-state index >= 15 is 0 Å². The first-order valence-corrected chi connectivity index (χ1v) is 9.86. The van der Waals surface area contributed by atoms with E-state index in [0.29, 0.717) is 11.5 Å². The average Bonchev–Trinajstić information content (AvgIpc) is 2.52. The van der Waals surface area contributed by atoms with E-state index in [-0.39, 0.29) is 17.4 Å². The zero-order chi connectivity index (χ0) is 20.2. The molecule has 0 spiro atoms. The van der Waals surface area contributed by atoms with E-state index in [2.05, 4.69) is 26.1 Å². The molecule has 0 saturated heterocycles. The van der Waals surface area contributed by atoms with Gasteiger partial charge < -0.3 is 15.8 Å². The van der Waals surface area contributed by atoms with Crippen LogP contribution in [0, 0.1) is 5.92 Å². The molecule has 2 atom stereocenters. The second kappa shape index (κ2) is 8.32. The van der Waals surface area contributed by atoms with Gasteiger partial charge in [0.2, 0.25) is 0 Å². The molecule has 5 nitrogen and oxygen atoms in total.